The minimum absolute atomic E-state index is 0.0535. The first-order chi connectivity index (χ1) is 8.69. The van der Waals surface area contributed by atoms with Gasteiger partial charge >= 0.3 is 5.97 Å². The van der Waals surface area contributed by atoms with E-state index in [9.17, 15) is 9.59 Å². The number of ether oxygens (including phenoxy) is 1. The summed E-state index contributed by atoms with van der Waals surface area (Å²) in [5, 5.41) is 0.0535. The predicted molar refractivity (Wildman–Crippen MR) is 67.2 cm³/mol. The molecule has 0 amide bonds. The van der Waals surface area contributed by atoms with Crippen molar-refractivity contribution in [1.82, 2.24) is 4.98 Å². The topological polar surface area (TPSA) is 56.3 Å². The van der Waals surface area contributed by atoms with Gasteiger partial charge in [-0.2, -0.15) is 0 Å². The van der Waals surface area contributed by atoms with Crippen molar-refractivity contribution < 1.29 is 14.3 Å². The second kappa shape index (κ2) is 5.14. The molecule has 0 bridgehead atoms. The summed E-state index contributed by atoms with van der Waals surface area (Å²) in [5.41, 5.74) is 1.51. The number of carbonyl (C=O) groups is 2. The number of rotatable bonds is 3. The normalized spacial score (nSPS) is 10.3. The Morgan fingerprint density at radius 1 is 1.44 bits per heavy atom. The molecule has 4 nitrogen and oxygen atoms in total. The molecule has 0 aromatic heterocycles. The van der Waals surface area contributed by atoms with Crippen LogP contribution < -0.4 is 0 Å². The molecule has 0 saturated heterocycles. The van der Waals surface area contributed by atoms with Crippen LogP contribution in [0.3, 0.4) is 0 Å². The van der Waals surface area contributed by atoms with Gasteiger partial charge in [-0.25, -0.2) is 9.78 Å². The van der Waals surface area contributed by atoms with Gasteiger partial charge in [0, 0.05) is 11.1 Å². The number of aldehydes is 1. The van der Waals surface area contributed by atoms with Crippen LogP contribution in [0.2, 0.25) is 5.15 Å². The molecule has 0 aromatic carbocycles. The minimum Gasteiger partial charge on any atom is -0.462 e. The molecule has 1 aliphatic carbocycles. The van der Waals surface area contributed by atoms with Gasteiger partial charge in [-0.3, -0.25) is 4.79 Å². The van der Waals surface area contributed by atoms with Crippen LogP contribution >= 0.6 is 11.6 Å². The van der Waals surface area contributed by atoms with Crippen LogP contribution in [-0.4, -0.2) is 23.8 Å². The van der Waals surface area contributed by atoms with Crippen molar-refractivity contribution in [3.63, 3.8) is 0 Å². The van der Waals surface area contributed by atoms with Crippen molar-refractivity contribution in [3.8, 4) is 11.3 Å². The monoisotopic (exact) mass is 263 g/mol. The van der Waals surface area contributed by atoms with Gasteiger partial charge in [0.25, 0.3) is 0 Å². The van der Waals surface area contributed by atoms with Crippen molar-refractivity contribution >= 4 is 23.9 Å². The molecule has 0 unspecified atom stereocenters. The van der Waals surface area contributed by atoms with Gasteiger partial charge in [-0.05, 0) is 13.0 Å². The summed E-state index contributed by atoms with van der Waals surface area (Å²) >= 11 is 5.94. The summed E-state index contributed by atoms with van der Waals surface area (Å²) in [6.07, 6.45) is 0.681. The number of halogens is 1. The van der Waals surface area contributed by atoms with Crippen molar-refractivity contribution in [2.24, 2.45) is 0 Å². The lowest BCUT2D eigenvalue weighted by Crippen LogP contribution is -2.04. The fourth-order valence-corrected chi connectivity index (χ4v) is 1.97. The molecule has 1 aliphatic heterocycles. The minimum atomic E-state index is -0.534. The van der Waals surface area contributed by atoms with Gasteiger partial charge in [-0.1, -0.05) is 29.8 Å². The second-order valence-corrected chi connectivity index (χ2v) is 3.91. The molecular weight excluding hydrogens is 254 g/mol. The quantitative estimate of drug-likeness (QED) is 0.631. The highest BCUT2D eigenvalue weighted by atomic mass is 35.5. The SMILES string of the molecule is CCOC(=O)c1c2ccccc(C=O)c-2nc1Cl. The van der Waals surface area contributed by atoms with Gasteiger partial charge in [0.2, 0.25) is 0 Å². The number of hydrogen-bond donors (Lipinski definition) is 0. The Labute approximate surface area is 109 Å². The Bertz CT molecular complexity index is 583. The summed E-state index contributed by atoms with van der Waals surface area (Å²) in [5.74, 6) is -0.534. The average molecular weight is 264 g/mol. The van der Waals surface area contributed by atoms with E-state index in [2.05, 4.69) is 4.98 Å². The Morgan fingerprint density at radius 3 is 2.83 bits per heavy atom. The average Bonchev–Trinajstić information content (AvgIpc) is 2.54. The highest BCUT2D eigenvalue weighted by molar-refractivity contribution is 6.34. The zero-order valence-corrected chi connectivity index (χ0v) is 10.4. The zero-order chi connectivity index (χ0) is 13.1. The lowest BCUT2D eigenvalue weighted by Gasteiger charge is -2.01. The van der Waals surface area contributed by atoms with E-state index in [1.807, 2.05) is 0 Å². The van der Waals surface area contributed by atoms with Crippen LogP contribution in [-0.2, 0) is 4.74 Å². The molecule has 0 aromatic rings. The summed E-state index contributed by atoms with van der Waals surface area (Å²) in [6.45, 7) is 1.96. The smallest absolute Gasteiger partial charge is 0.341 e. The summed E-state index contributed by atoms with van der Waals surface area (Å²) < 4.78 is 4.93. The van der Waals surface area contributed by atoms with E-state index in [4.69, 9.17) is 16.3 Å². The van der Waals surface area contributed by atoms with Crippen LogP contribution in [0.5, 0.6) is 0 Å². The highest BCUT2D eigenvalue weighted by Crippen LogP contribution is 2.33. The van der Waals surface area contributed by atoms with E-state index < -0.39 is 5.97 Å². The van der Waals surface area contributed by atoms with E-state index >= 15 is 0 Å². The predicted octanol–water partition coefficient (Wildman–Crippen LogP) is 2.83. The molecular formula is C13H10ClNO3. The van der Waals surface area contributed by atoms with Crippen LogP contribution in [0.15, 0.2) is 24.3 Å². The lowest BCUT2D eigenvalue weighted by atomic mass is 10.1. The zero-order valence-electron chi connectivity index (χ0n) is 9.64. The van der Waals surface area contributed by atoms with Gasteiger partial charge in [0.15, 0.2) is 6.29 Å². The molecule has 1 heterocycles. The van der Waals surface area contributed by atoms with E-state index in [1.165, 1.54) is 0 Å². The van der Waals surface area contributed by atoms with Crippen molar-refractivity contribution in [2.45, 2.75) is 6.92 Å². The molecule has 18 heavy (non-hydrogen) atoms. The standard InChI is InChI=1S/C13H10ClNO3/c1-2-18-13(17)10-9-6-4-3-5-8(7-16)11(9)15-12(10)14/h3-7H,2H2,1H3. The number of fused-ring (bicyclic) bond motifs is 1. The van der Waals surface area contributed by atoms with Crippen LogP contribution in [0.1, 0.15) is 27.6 Å². The van der Waals surface area contributed by atoms with Gasteiger partial charge in [0.1, 0.15) is 10.7 Å². The molecule has 0 N–H and O–H groups in total. The fraction of sp³-hybridized carbons (Fsp3) is 0.154. The number of nitrogens with zero attached hydrogens (tertiary/aromatic N) is 1. The maximum Gasteiger partial charge on any atom is 0.341 e. The van der Waals surface area contributed by atoms with Gasteiger partial charge < -0.3 is 4.74 Å². The first-order valence-electron chi connectivity index (χ1n) is 5.39. The number of hydrogen-bond acceptors (Lipinski definition) is 4. The maximum atomic E-state index is 11.8. The van der Waals surface area contributed by atoms with Crippen molar-refractivity contribution in [3.05, 3.63) is 40.5 Å². The van der Waals surface area contributed by atoms with Crippen molar-refractivity contribution in [2.75, 3.05) is 6.61 Å². The molecule has 0 radical (unpaired) electrons. The molecule has 0 saturated carbocycles. The Hall–Kier alpha value is -1.94. The van der Waals surface area contributed by atoms with E-state index in [-0.39, 0.29) is 17.3 Å². The molecule has 0 fully saturated rings. The first kappa shape index (κ1) is 12.5. The molecule has 2 aliphatic rings. The number of carbonyl (C=O) groups excluding carboxylic acids is 2. The summed E-state index contributed by atoms with van der Waals surface area (Å²) in [4.78, 5) is 26.8. The lowest BCUT2D eigenvalue weighted by molar-refractivity contribution is 0.0527. The van der Waals surface area contributed by atoms with Crippen molar-refractivity contribution in [1.29, 1.82) is 0 Å². The third-order valence-electron chi connectivity index (χ3n) is 2.47. The molecule has 2 rings (SSSR count). The second-order valence-electron chi connectivity index (χ2n) is 3.55. The number of esters is 1. The van der Waals surface area contributed by atoms with Crippen LogP contribution in [0, 0.1) is 0 Å². The number of aromatic nitrogens is 1. The van der Waals surface area contributed by atoms with E-state index in [0.717, 1.165) is 0 Å². The van der Waals surface area contributed by atoms with Gasteiger partial charge in [0.05, 0.1) is 12.3 Å². The van der Waals surface area contributed by atoms with E-state index in [0.29, 0.717) is 23.1 Å². The summed E-state index contributed by atoms with van der Waals surface area (Å²) in [7, 11) is 0. The molecule has 0 spiro atoms. The third-order valence-corrected chi connectivity index (χ3v) is 2.74. The van der Waals surface area contributed by atoms with Crippen LogP contribution in [0.4, 0.5) is 0 Å². The van der Waals surface area contributed by atoms with Crippen LogP contribution in [0.25, 0.3) is 11.3 Å². The maximum absolute atomic E-state index is 11.8. The molecule has 0 atom stereocenters. The molecule has 92 valence electrons. The largest absolute Gasteiger partial charge is 0.462 e. The fourth-order valence-electron chi connectivity index (χ4n) is 1.71. The van der Waals surface area contributed by atoms with Gasteiger partial charge in [-0.15, -0.1) is 0 Å². The first-order valence-corrected chi connectivity index (χ1v) is 5.77. The third kappa shape index (κ3) is 2.07. The molecule has 5 heteroatoms. The Kier molecular flexibility index (Phi) is 3.58. The van der Waals surface area contributed by atoms with E-state index in [1.54, 1.807) is 31.2 Å². The Balaban J connectivity index is 2.65. The Morgan fingerprint density at radius 2 is 2.17 bits per heavy atom. The summed E-state index contributed by atoms with van der Waals surface area (Å²) in [6, 6.07) is 6.73. The highest BCUT2D eigenvalue weighted by Gasteiger charge is 2.24.